The van der Waals surface area contributed by atoms with Crippen molar-refractivity contribution in [2.24, 2.45) is 5.73 Å². The normalized spacial score (nSPS) is 17.0. The van der Waals surface area contributed by atoms with Crippen LogP contribution >= 0.6 is 15.9 Å². The predicted octanol–water partition coefficient (Wildman–Crippen LogP) is 1.64. The number of aliphatic hydroxyl groups is 1. The first kappa shape index (κ1) is 22.1. The number of halogens is 1. The number of carbonyl (C=O) groups is 2. The molecule has 0 aliphatic rings. The molecule has 0 saturated heterocycles. The summed E-state index contributed by atoms with van der Waals surface area (Å²) < 4.78 is 4.53. The van der Waals surface area contributed by atoms with Crippen LogP contribution in [0.15, 0.2) is 12.2 Å². The molecule has 134 valence electrons. The van der Waals surface area contributed by atoms with Gasteiger partial charge in [-0.15, -0.1) is 0 Å². The number of ether oxygens (including phenoxy) is 1. The minimum atomic E-state index is -0.673. The number of hydrogen-bond donors (Lipinski definition) is 3. The van der Waals surface area contributed by atoms with Gasteiger partial charge in [-0.25, -0.2) is 0 Å². The number of esters is 1. The lowest BCUT2D eigenvalue weighted by molar-refractivity contribution is -0.155. The highest BCUT2D eigenvalue weighted by molar-refractivity contribution is 9.10. The van der Waals surface area contributed by atoms with Crippen molar-refractivity contribution < 1.29 is 19.4 Å². The van der Waals surface area contributed by atoms with Gasteiger partial charge in [-0.2, -0.15) is 0 Å². The van der Waals surface area contributed by atoms with Crippen LogP contribution in [0.3, 0.4) is 0 Å². The molecule has 0 saturated carbocycles. The fourth-order valence-electron chi connectivity index (χ4n) is 1.71. The molecule has 0 aromatic heterocycles. The summed E-state index contributed by atoms with van der Waals surface area (Å²) >= 11 is 3.41. The number of hydrogen-bond acceptors (Lipinski definition) is 5. The molecule has 0 fully saturated rings. The molecule has 0 aliphatic carbocycles. The maximum atomic E-state index is 11.7. The third kappa shape index (κ3) is 8.48. The van der Waals surface area contributed by atoms with Crippen molar-refractivity contribution >= 4 is 27.8 Å². The third-order valence-electron chi connectivity index (χ3n) is 3.44. The maximum Gasteiger partial charge on any atom is 0.306 e. The zero-order valence-corrected chi connectivity index (χ0v) is 16.2. The second-order valence-electron chi connectivity index (χ2n) is 6.82. The minimum Gasteiger partial charge on any atom is -0.460 e. The maximum absolute atomic E-state index is 11.7. The molecule has 0 rings (SSSR count). The van der Waals surface area contributed by atoms with Gasteiger partial charge in [-0.3, -0.25) is 9.59 Å². The Kier molecular flexibility index (Phi) is 8.45. The number of rotatable bonds is 9. The smallest absolute Gasteiger partial charge is 0.306 e. The van der Waals surface area contributed by atoms with E-state index in [-0.39, 0.29) is 25.4 Å². The summed E-state index contributed by atoms with van der Waals surface area (Å²) in [4.78, 5) is 23.2. The molecular formula is C16H29BrN2O4. The van der Waals surface area contributed by atoms with E-state index in [4.69, 9.17) is 10.5 Å². The van der Waals surface area contributed by atoms with Crippen LogP contribution in [0, 0.1) is 0 Å². The van der Waals surface area contributed by atoms with Crippen molar-refractivity contribution in [1.29, 1.82) is 0 Å². The van der Waals surface area contributed by atoms with Gasteiger partial charge in [0.2, 0.25) is 5.91 Å². The second kappa shape index (κ2) is 8.80. The molecule has 0 aromatic rings. The van der Waals surface area contributed by atoms with E-state index >= 15 is 0 Å². The average Bonchev–Trinajstić information content (AvgIpc) is 2.35. The lowest BCUT2D eigenvalue weighted by Crippen LogP contribution is -2.45. The van der Waals surface area contributed by atoms with Gasteiger partial charge in [0.05, 0.1) is 16.5 Å². The number of alkyl halides is 1. The number of nitrogens with one attached hydrogen (secondary N) is 1. The minimum absolute atomic E-state index is 0.0896. The summed E-state index contributed by atoms with van der Waals surface area (Å²) in [6, 6.07) is -0.670. The van der Waals surface area contributed by atoms with Crippen LogP contribution < -0.4 is 11.1 Å². The Labute approximate surface area is 147 Å². The predicted molar refractivity (Wildman–Crippen MR) is 94.2 cm³/mol. The molecule has 7 heteroatoms. The molecular weight excluding hydrogens is 364 g/mol. The number of amides is 1. The van der Waals surface area contributed by atoms with Gasteiger partial charge in [0.1, 0.15) is 5.60 Å². The lowest BCUT2D eigenvalue weighted by atomic mass is 9.96. The fraction of sp³-hybridized carbons (Fsp3) is 0.750. The van der Waals surface area contributed by atoms with E-state index in [0.29, 0.717) is 5.57 Å². The van der Waals surface area contributed by atoms with E-state index in [9.17, 15) is 14.7 Å². The molecule has 0 bridgehead atoms. The Bertz CT molecular complexity index is 442. The second-order valence-corrected chi connectivity index (χ2v) is 8.46. The van der Waals surface area contributed by atoms with Crippen molar-refractivity contribution in [3.05, 3.63) is 12.2 Å². The number of aliphatic hydroxyl groups excluding tert-OH is 1. The van der Waals surface area contributed by atoms with Gasteiger partial charge in [0, 0.05) is 13.0 Å². The number of carbonyl (C=O) groups excluding carboxylic acids is 2. The molecule has 0 spiro atoms. The monoisotopic (exact) mass is 392 g/mol. The van der Waals surface area contributed by atoms with E-state index in [1.54, 1.807) is 34.6 Å². The molecule has 4 N–H and O–H groups in total. The largest absolute Gasteiger partial charge is 0.460 e. The van der Waals surface area contributed by atoms with Crippen LogP contribution in [0.25, 0.3) is 0 Å². The summed E-state index contributed by atoms with van der Waals surface area (Å²) in [6.45, 7) is 13.0. The highest BCUT2D eigenvalue weighted by atomic mass is 79.9. The molecule has 3 atom stereocenters. The first-order valence-corrected chi connectivity index (χ1v) is 8.36. The Morgan fingerprint density at radius 1 is 1.35 bits per heavy atom. The van der Waals surface area contributed by atoms with Crippen LogP contribution in [-0.2, 0) is 14.3 Å². The van der Waals surface area contributed by atoms with Crippen molar-refractivity contribution in [2.75, 3.05) is 6.54 Å². The van der Waals surface area contributed by atoms with Gasteiger partial charge in [0.25, 0.3) is 0 Å². The van der Waals surface area contributed by atoms with E-state index < -0.39 is 28.0 Å². The Morgan fingerprint density at radius 2 is 1.87 bits per heavy atom. The molecule has 6 nitrogen and oxygen atoms in total. The zero-order chi connectivity index (χ0) is 18.4. The topological polar surface area (TPSA) is 102 Å². The summed E-state index contributed by atoms with van der Waals surface area (Å²) in [5.74, 6) is -0.923. The molecule has 1 amide bonds. The molecule has 0 heterocycles. The van der Waals surface area contributed by atoms with Crippen molar-refractivity contribution in [3.63, 3.8) is 0 Å². The fourth-order valence-corrected chi connectivity index (χ4v) is 1.85. The van der Waals surface area contributed by atoms with Crippen LogP contribution in [-0.4, -0.2) is 45.6 Å². The summed E-state index contributed by atoms with van der Waals surface area (Å²) in [7, 11) is 0. The number of nitrogens with two attached hydrogens (primary N) is 1. The SMILES string of the molecule is C=C(CNC(CCC(=O)OC(C)(C)C)C(N)=O)C(C)(Br)C(C)O. The standard InChI is InChI=1S/C16H29BrN2O4/c1-10(16(6,17)11(2)20)9-19-12(14(18)22)7-8-13(21)23-15(3,4)5/h11-12,19-20H,1,7-9H2,2-6H3,(H2,18,22). The highest BCUT2D eigenvalue weighted by Gasteiger charge is 2.30. The summed E-state index contributed by atoms with van der Waals surface area (Å²) in [5, 5.41) is 12.7. The molecule has 3 unspecified atom stereocenters. The van der Waals surface area contributed by atoms with Crippen LogP contribution in [0.2, 0.25) is 0 Å². The first-order chi connectivity index (χ1) is 10.3. The van der Waals surface area contributed by atoms with Crippen LogP contribution in [0.4, 0.5) is 0 Å². The van der Waals surface area contributed by atoms with Gasteiger partial charge in [0.15, 0.2) is 0 Å². The highest BCUT2D eigenvalue weighted by Crippen LogP contribution is 2.29. The summed E-state index contributed by atoms with van der Waals surface area (Å²) in [5.41, 5.74) is 5.48. The van der Waals surface area contributed by atoms with Crippen molar-refractivity contribution in [3.8, 4) is 0 Å². The van der Waals surface area contributed by atoms with E-state index in [2.05, 4.69) is 27.8 Å². The van der Waals surface area contributed by atoms with Gasteiger partial charge in [-0.05, 0) is 46.6 Å². The van der Waals surface area contributed by atoms with Gasteiger partial charge >= 0.3 is 5.97 Å². The molecule has 23 heavy (non-hydrogen) atoms. The quantitative estimate of drug-likeness (QED) is 0.314. The van der Waals surface area contributed by atoms with Crippen LogP contribution in [0.5, 0.6) is 0 Å². The van der Waals surface area contributed by atoms with Gasteiger partial charge < -0.3 is 20.9 Å². The zero-order valence-electron chi connectivity index (χ0n) is 14.6. The first-order valence-electron chi connectivity index (χ1n) is 7.57. The lowest BCUT2D eigenvalue weighted by Gasteiger charge is -2.29. The van der Waals surface area contributed by atoms with Crippen molar-refractivity contribution in [1.82, 2.24) is 5.32 Å². The molecule has 0 radical (unpaired) electrons. The van der Waals surface area contributed by atoms with Crippen LogP contribution in [0.1, 0.15) is 47.5 Å². The number of primary amides is 1. The van der Waals surface area contributed by atoms with Gasteiger partial charge in [-0.1, -0.05) is 22.5 Å². The van der Waals surface area contributed by atoms with E-state index in [0.717, 1.165) is 0 Å². The Hall–Kier alpha value is -0.920. The Balaban J connectivity index is 4.53. The van der Waals surface area contributed by atoms with Crippen molar-refractivity contribution in [2.45, 2.75) is 69.5 Å². The third-order valence-corrected chi connectivity index (χ3v) is 4.66. The van der Waals surface area contributed by atoms with E-state index in [1.807, 2.05) is 0 Å². The average molecular weight is 393 g/mol. The Morgan fingerprint density at radius 3 is 2.26 bits per heavy atom. The summed E-state index contributed by atoms with van der Waals surface area (Å²) in [6.07, 6.45) is -0.317. The molecule has 0 aliphatic heterocycles. The molecule has 0 aromatic carbocycles. The van der Waals surface area contributed by atoms with E-state index in [1.165, 1.54) is 0 Å².